The minimum atomic E-state index is -1.28. The summed E-state index contributed by atoms with van der Waals surface area (Å²) in [4.78, 5) is 51.6. The minimum absolute atomic E-state index is 0.0468. The van der Waals surface area contributed by atoms with Crippen molar-refractivity contribution in [2.24, 2.45) is 22.9 Å². The molecule has 0 bridgehead atoms. The SMILES string of the molecule is CC1(N)CCN(c2cnc(Sc3ccc(-c4nn[nH]n4)cc3Cl)c(N)n2)CC1.NCC1(F)CCN(c2cnc(Sc3cccc(N)c3Cl)c(N)n2)CC1.NCC1(O)CCN(c2cnc(Sc3cccc(N)c3Cl)c(N)n2)CC1.NCC1(c2cccnc2)CCN(c2cnc(Sc3cccc(Cl)c3Cl)c(N)n2)CC1. The van der Waals surface area contributed by atoms with Gasteiger partial charge in [0.05, 0.1) is 66.9 Å². The summed E-state index contributed by atoms with van der Waals surface area (Å²) in [7, 11) is 0. The molecule has 108 heavy (non-hydrogen) atoms. The highest BCUT2D eigenvalue weighted by molar-refractivity contribution is 8.00. The first-order valence-electron chi connectivity index (χ1n) is 34.2. The van der Waals surface area contributed by atoms with Gasteiger partial charge in [0.25, 0.3) is 0 Å². The predicted molar refractivity (Wildman–Crippen MR) is 435 cm³/mol. The van der Waals surface area contributed by atoms with Gasteiger partial charge in [-0.2, -0.15) is 5.21 Å². The molecule has 4 aromatic carbocycles. The molecular weight excluding hydrogens is 1560 g/mol. The van der Waals surface area contributed by atoms with Crippen molar-refractivity contribution in [2.75, 3.05) is 126 Å². The third-order valence-corrected chi connectivity index (χ3v) is 25.7. The molecule has 6 aromatic heterocycles. The van der Waals surface area contributed by atoms with Crippen molar-refractivity contribution in [3.8, 4) is 11.4 Å². The van der Waals surface area contributed by atoms with Crippen LogP contribution in [0.4, 0.5) is 62.3 Å². The third kappa shape index (κ3) is 20.3. The largest absolute Gasteiger partial charge is 0.397 e. The van der Waals surface area contributed by atoms with E-state index in [1.54, 1.807) is 55.2 Å². The maximum Gasteiger partial charge on any atom is 0.204 e. The summed E-state index contributed by atoms with van der Waals surface area (Å²) in [6.07, 6.45) is 16.2. The van der Waals surface area contributed by atoms with Gasteiger partial charge < -0.3 is 82.0 Å². The van der Waals surface area contributed by atoms with Gasteiger partial charge in [0.15, 0.2) is 23.3 Å². The van der Waals surface area contributed by atoms with Gasteiger partial charge in [0.2, 0.25) is 5.82 Å². The highest BCUT2D eigenvalue weighted by Gasteiger charge is 2.37. The Hall–Kier alpha value is -8.00. The third-order valence-electron chi connectivity index (χ3n) is 19.0. The Morgan fingerprint density at radius 2 is 0.907 bits per heavy atom. The lowest BCUT2D eigenvalue weighted by Gasteiger charge is -2.41. The number of pyridine rings is 1. The maximum absolute atomic E-state index is 14.2. The van der Waals surface area contributed by atoms with Crippen molar-refractivity contribution in [1.29, 1.82) is 0 Å². The Kier molecular flexibility index (Phi) is 27.2. The number of alkyl halides is 1. The van der Waals surface area contributed by atoms with Crippen LogP contribution in [0.5, 0.6) is 0 Å². The van der Waals surface area contributed by atoms with Gasteiger partial charge in [-0.25, -0.2) is 44.3 Å². The highest BCUT2D eigenvalue weighted by Crippen LogP contribution is 2.44. The predicted octanol–water partition coefficient (Wildman–Crippen LogP) is 11.2. The van der Waals surface area contributed by atoms with Gasteiger partial charge in [0.1, 0.15) is 49.0 Å². The number of hydrogen-bond donors (Lipinski definition) is 12. The van der Waals surface area contributed by atoms with E-state index in [-0.39, 0.29) is 24.0 Å². The maximum atomic E-state index is 14.2. The summed E-state index contributed by atoms with van der Waals surface area (Å²) in [5, 5.41) is 28.9. The second-order valence-corrected chi connectivity index (χ2v) is 32.5. The van der Waals surface area contributed by atoms with E-state index >= 15 is 0 Å². The van der Waals surface area contributed by atoms with Gasteiger partial charge >= 0.3 is 0 Å². The van der Waals surface area contributed by atoms with Crippen LogP contribution in [0.25, 0.3) is 11.4 Å². The van der Waals surface area contributed by atoms with Gasteiger partial charge in [-0.05, 0) is 117 Å². The number of tetrazole rings is 1. The summed E-state index contributed by atoms with van der Waals surface area (Å²) < 4.78 is 14.2. The van der Waals surface area contributed by atoms with Crippen molar-refractivity contribution in [3.63, 3.8) is 0 Å². The van der Waals surface area contributed by atoms with Crippen molar-refractivity contribution in [2.45, 2.75) is 120 Å². The lowest BCUT2D eigenvalue weighted by atomic mass is 9.73. The number of aliphatic hydroxyl groups is 1. The number of aromatic amines is 1. The fourth-order valence-electron chi connectivity index (χ4n) is 12.0. The number of H-pyrrole nitrogens is 1. The number of anilines is 10. The van der Waals surface area contributed by atoms with Crippen LogP contribution in [-0.2, 0) is 5.41 Å². The number of halogens is 6. The average Bonchev–Trinajstić information content (AvgIpc) is 0.826. The lowest BCUT2D eigenvalue weighted by molar-refractivity contribution is 0.0248. The van der Waals surface area contributed by atoms with Gasteiger partial charge in [-0.15, -0.1) is 10.2 Å². The summed E-state index contributed by atoms with van der Waals surface area (Å²) in [6, 6.07) is 25.9. The molecule has 0 radical (unpaired) electrons. The number of benzene rings is 4. The number of nitrogens with two attached hydrogens (primary N) is 10. The molecule has 14 rings (SSSR count). The number of rotatable bonds is 17. The van der Waals surface area contributed by atoms with Crippen LogP contribution in [0.2, 0.25) is 25.1 Å². The van der Waals surface area contributed by atoms with Crippen molar-refractivity contribution in [3.05, 3.63) is 153 Å². The monoisotopic (exact) mass is 1640 g/mol. The Morgan fingerprint density at radius 1 is 0.481 bits per heavy atom. The Bertz CT molecular complexity index is 4560. The van der Waals surface area contributed by atoms with E-state index in [1.165, 1.54) is 52.6 Å². The zero-order valence-electron chi connectivity index (χ0n) is 58.8. The number of piperidine rings is 4. The van der Waals surface area contributed by atoms with E-state index < -0.39 is 11.3 Å². The van der Waals surface area contributed by atoms with E-state index in [0.29, 0.717) is 156 Å². The molecule has 10 heterocycles. The Labute approximate surface area is 666 Å². The molecule has 28 nitrogen and oxygen atoms in total. The Morgan fingerprint density at radius 3 is 1.31 bits per heavy atom. The molecule has 4 fully saturated rings. The zero-order valence-corrected chi connectivity index (χ0v) is 65.8. The van der Waals surface area contributed by atoms with E-state index in [1.807, 2.05) is 65.7 Å². The minimum Gasteiger partial charge on any atom is -0.397 e. The number of aromatic nitrogens is 13. The number of nitrogen functional groups attached to an aromatic ring is 6. The van der Waals surface area contributed by atoms with E-state index in [0.717, 1.165) is 88.6 Å². The van der Waals surface area contributed by atoms with Crippen LogP contribution in [-0.4, -0.2) is 159 Å². The van der Waals surface area contributed by atoms with Gasteiger partial charge in [0, 0.05) is 133 Å². The molecule has 4 aliphatic heterocycles. The molecule has 0 atom stereocenters. The zero-order chi connectivity index (χ0) is 76.9. The van der Waals surface area contributed by atoms with Crippen LogP contribution in [0.15, 0.2) is 162 Å². The van der Waals surface area contributed by atoms with Crippen LogP contribution in [0, 0.1) is 0 Å². The number of nitrogens with one attached hydrogen (secondary N) is 1. The standard InChI is InChI=1S/C21H22Cl2N6S.C17H20ClN9S.C16H20ClFN6S.C16H21ClN6OS/c22-15-4-1-5-16(18(15)23)30-20-19(25)28-17(12-27-20)29-9-6-21(13-24,7-10-29)14-3-2-8-26-11-14;1-17(20)4-6-27(7-5-17)13-9-21-16(14(19)22-13)28-12-3-2-10(8-11(12)18)15-23-25-26-24-15;17-13-10(20)2-1-3-11(13)25-15-14(21)23-12(8-22-15)24-6-4-16(18,9-19)5-7-24;17-13-10(19)2-1-3-11(13)25-15-14(20)22-12(8-21-15)23-6-4-16(24,9-18)5-7-23/h1-5,8,11-12H,6-7,9-10,13,24H2,(H2,25,28);2-3,8-9H,4-7,20H2,1H3,(H2,19,22)(H,23,24,25,26);1-3,8H,4-7,9,19-20H2,(H2,21,23);1-3,8,24H,4-7,9,18-19H2,(H2,20,22). The average molecular weight is 1640 g/mol. The molecule has 0 spiro atoms. The van der Waals surface area contributed by atoms with Crippen LogP contribution < -0.4 is 76.9 Å². The first-order valence-corrected chi connectivity index (χ1v) is 39.4. The summed E-state index contributed by atoms with van der Waals surface area (Å²) in [6.45, 7) is 8.73. The molecule has 0 unspecified atom stereocenters. The molecule has 10 aromatic rings. The van der Waals surface area contributed by atoms with E-state index in [9.17, 15) is 9.50 Å². The van der Waals surface area contributed by atoms with Crippen molar-refractivity contribution < 1.29 is 9.50 Å². The van der Waals surface area contributed by atoms with Gasteiger partial charge in [-0.1, -0.05) is 129 Å². The first kappa shape index (κ1) is 81.0. The topological polar surface area (TPSA) is 464 Å². The summed E-state index contributed by atoms with van der Waals surface area (Å²) in [5.41, 5.74) is 60.4. The second kappa shape index (κ2) is 36.2. The number of hydrogen-bond acceptors (Lipinski definition) is 31. The molecule has 4 aliphatic rings. The molecular formula is C70H83Cl5FN27OS4. The van der Waals surface area contributed by atoms with Crippen LogP contribution >= 0.6 is 105 Å². The molecule has 4 saturated heterocycles. The fourth-order valence-corrected chi connectivity index (χ4v) is 16.5. The van der Waals surface area contributed by atoms with Crippen LogP contribution in [0.3, 0.4) is 0 Å². The lowest BCUT2D eigenvalue weighted by Crippen LogP contribution is -2.49. The molecule has 570 valence electrons. The normalized spacial score (nSPS) is 16.4. The number of nitrogens with zero attached hydrogens (tertiary/aromatic N) is 16. The molecule has 0 saturated carbocycles. The van der Waals surface area contributed by atoms with E-state index in [2.05, 4.69) is 93.2 Å². The van der Waals surface area contributed by atoms with Crippen molar-refractivity contribution >= 4 is 163 Å². The second-order valence-electron chi connectivity index (χ2n) is 26.4. The van der Waals surface area contributed by atoms with Crippen LogP contribution in [0.1, 0.15) is 63.9 Å². The molecule has 0 aliphatic carbocycles. The summed E-state index contributed by atoms with van der Waals surface area (Å²) in [5.74, 6) is 4.74. The fraction of sp³-hybridized carbons (Fsp3) is 0.343. The van der Waals surface area contributed by atoms with Crippen molar-refractivity contribution in [1.82, 2.24) is 65.5 Å². The molecule has 0 amide bonds. The highest BCUT2D eigenvalue weighted by atomic mass is 35.5. The van der Waals surface area contributed by atoms with E-state index in [4.69, 9.17) is 115 Å². The molecule has 38 heteroatoms. The first-order chi connectivity index (χ1) is 51.8. The quantitative estimate of drug-likeness (QED) is 0.0377. The van der Waals surface area contributed by atoms with Gasteiger partial charge in [-0.3, -0.25) is 4.98 Å². The molecule has 22 N–H and O–H groups in total. The smallest absolute Gasteiger partial charge is 0.204 e. The summed E-state index contributed by atoms with van der Waals surface area (Å²) >= 11 is 36.6. The Balaban J connectivity index is 0.000000144.